The van der Waals surface area contributed by atoms with Gasteiger partial charge in [0.25, 0.3) is 0 Å². The number of benzene rings is 2. The predicted molar refractivity (Wildman–Crippen MR) is 75.8 cm³/mol. The minimum atomic E-state index is -0.307. The maximum Gasteiger partial charge on any atom is 0.308 e. The Morgan fingerprint density at radius 3 is 2.50 bits per heavy atom. The molecule has 18 heavy (non-hydrogen) atoms. The number of halogens is 1. The van der Waals surface area contributed by atoms with Crippen molar-refractivity contribution in [2.24, 2.45) is 0 Å². The molecule has 0 amide bonds. The van der Waals surface area contributed by atoms with Crippen molar-refractivity contribution in [2.45, 2.75) is 12.3 Å². The Hall–Kier alpha value is -1.61. The summed E-state index contributed by atoms with van der Waals surface area (Å²) in [5.41, 5.74) is 3.04. The molecule has 3 heteroatoms. The lowest BCUT2D eigenvalue weighted by atomic mass is 10.0. The lowest BCUT2D eigenvalue weighted by molar-refractivity contribution is -0.131. The molecule has 92 valence electrons. The van der Waals surface area contributed by atoms with Gasteiger partial charge in [-0.2, -0.15) is 0 Å². The number of ether oxygens (including phenoxy) is 1. The first-order chi connectivity index (χ1) is 8.70. The predicted octanol–water partition coefficient (Wildman–Crippen LogP) is 4.17. The fourth-order valence-corrected chi connectivity index (χ4v) is 2.09. The summed E-state index contributed by atoms with van der Waals surface area (Å²) >= 11 is 3.40. The van der Waals surface area contributed by atoms with E-state index in [2.05, 4.69) is 15.9 Å². The van der Waals surface area contributed by atoms with Gasteiger partial charge in [-0.15, -0.1) is 0 Å². The molecular formula is C15H13BrO2. The molecule has 0 aliphatic heterocycles. The number of carbonyl (C=O) groups excluding carboxylic acids is 1. The van der Waals surface area contributed by atoms with Crippen LogP contribution in [-0.4, -0.2) is 5.97 Å². The summed E-state index contributed by atoms with van der Waals surface area (Å²) in [6.45, 7) is 1.41. The van der Waals surface area contributed by atoms with Gasteiger partial charge in [-0.25, -0.2) is 0 Å². The van der Waals surface area contributed by atoms with Crippen molar-refractivity contribution in [1.82, 2.24) is 0 Å². The molecule has 0 atom stereocenters. The van der Waals surface area contributed by atoms with E-state index in [9.17, 15) is 4.79 Å². The quantitative estimate of drug-likeness (QED) is 0.483. The molecule has 0 aromatic heterocycles. The maximum absolute atomic E-state index is 11.2. The van der Waals surface area contributed by atoms with Crippen LogP contribution in [0.25, 0.3) is 11.1 Å². The van der Waals surface area contributed by atoms with Gasteiger partial charge < -0.3 is 4.74 Å². The van der Waals surface area contributed by atoms with Gasteiger partial charge in [0.1, 0.15) is 5.75 Å². The van der Waals surface area contributed by atoms with Gasteiger partial charge in [-0.05, 0) is 17.2 Å². The molecule has 2 nitrogen and oxygen atoms in total. The van der Waals surface area contributed by atoms with E-state index in [0.29, 0.717) is 5.75 Å². The van der Waals surface area contributed by atoms with Crippen LogP contribution in [-0.2, 0) is 10.1 Å². The average Bonchev–Trinajstić information content (AvgIpc) is 2.39. The smallest absolute Gasteiger partial charge is 0.308 e. The molecule has 0 saturated heterocycles. The van der Waals surface area contributed by atoms with Gasteiger partial charge in [-0.3, -0.25) is 4.79 Å². The highest BCUT2D eigenvalue weighted by molar-refractivity contribution is 9.08. The molecule has 0 saturated carbocycles. The van der Waals surface area contributed by atoms with E-state index in [0.717, 1.165) is 22.0 Å². The number of hydrogen-bond donors (Lipinski definition) is 0. The Balaban J connectivity index is 2.49. The van der Waals surface area contributed by atoms with Crippen molar-refractivity contribution in [3.05, 3.63) is 54.1 Å². The fourth-order valence-electron chi connectivity index (χ4n) is 1.75. The third-order valence-electron chi connectivity index (χ3n) is 2.54. The molecule has 0 aliphatic rings. The number of carbonyl (C=O) groups is 1. The molecular weight excluding hydrogens is 292 g/mol. The van der Waals surface area contributed by atoms with Crippen LogP contribution in [0.1, 0.15) is 12.5 Å². The first kappa shape index (κ1) is 12.8. The zero-order valence-electron chi connectivity index (χ0n) is 10.0. The summed E-state index contributed by atoms with van der Waals surface area (Å²) in [7, 11) is 0. The number of hydrogen-bond acceptors (Lipinski definition) is 2. The van der Waals surface area contributed by atoms with Gasteiger partial charge in [0, 0.05) is 17.8 Å². The molecule has 0 aliphatic carbocycles. The van der Waals surface area contributed by atoms with Crippen LogP contribution in [0.15, 0.2) is 48.5 Å². The molecule has 0 spiro atoms. The summed E-state index contributed by atoms with van der Waals surface area (Å²) in [5, 5.41) is 0.732. The second-order valence-electron chi connectivity index (χ2n) is 3.92. The van der Waals surface area contributed by atoms with Crippen molar-refractivity contribution in [2.75, 3.05) is 0 Å². The van der Waals surface area contributed by atoms with Crippen LogP contribution in [0.5, 0.6) is 5.75 Å². The standard InChI is InChI=1S/C15H13BrO2/c1-11(17)18-15-9-12(10-16)7-8-14(15)13-5-3-2-4-6-13/h2-9H,10H2,1H3. The molecule has 2 rings (SSSR count). The van der Waals surface area contributed by atoms with Crippen LogP contribution in [0.2, 0.25) is 0 Å². The van der Waals surface area contributed by atoms with Crippen LogP contribution < -0.4 is 4.74 Å². The molecule has 0 heterocycles. The number of alkyl halides is 1. The van der Waals surface area contributed by atoms with E-state index in [1.165, 1.54) is 6.92 Å². The molecule has 0 bridgehead atoms. The average molecular weight is 305 g/mol. The van der Waals surface area contributed by atoms with Crippen LogP contribution in [0, 0.1) is 0 Å². The second-order valence-corrected chi connectivity index (χ2v) is 4.48. The van der Waals surface area contributed by atoms with E-state index >= 15 is 0 Å². The molecule has 2 aromatic rings. The van der Waals surface area contributed by atoms with E-state index in [1.807, 2.05) is 48.5 Å². The topological polar surface area (TPSA) is 26.3 Å². The first-order valence-corrected chi connectivity index (χ1v) is 6.75. The van der Waals surface area contributed by atoms with Crippen molar-refractivity contribution in [3.8, 4) is 16.9 Å². The molecule has 0 N–H and O–H groups in total. The zero-order chi connectivity index (χ0) is 13.0. The van der Waals surface area contributed by atoms with Crippen molar-refractivity contribution in [1.29, 1.82) is 0 Å². The Labute approximate surface area is 115 Å². The Kier molecular flexibility index (Phi) is 4.15. The van der Waals surface area contributed by atoms with E-state index in [4.69, 9.17) is 4.74 Å². The fraction of sp³-hybridized carbons (Fsp3) is 0.133. The minimum Gasteiger partial charge on any atom is -0.426 e. The summed E-state index contributed by atoms with van der Waals surface area (Å²) in [6.07, 6.45) is 0. The van der Waals surface area contributed by atoms with E-state index in [1.54, 1.807) is 0 Å². The van der Waals surface area contributed by atoms with Crippen LogP contribution >= 0.6 is 15.9 Å². The third kappa shape index (κ3) is 2.99. The van der Waals surface area contributed by atoms with Gasteiger partial charge >= 0.3 is 5.97 Å². The van der Waals surface area contributed by atoms with Gasteiger partial charge in [0.15, 0.2) is 0 Å². The minimum absolute atomic E-state index is 0.307. The van der Waals surface area contributed by atoms with Gasteiger partial charge in [-0.1, -0.05) is 58.4 Å². The highest BCUT2D eigenvalue weighted by atomic mass is 79.9. The number of esters is 1. The highest BCUT2D eigenvalue weighted by Crippen LogP contribution is 2.31. The summed E-state index contributed by atoms with van der Waals surface area (Å²) in [4.78, 5) is 11.2. The molecule has 0 unspecified atom stereocenters. The second kappa shape index (κ2) is 5.83. The van der Waals surface area contributed by atoms with Gasteiger partial charge in [0.2, 0.25) is 0 Å². The first-order valence-electron chi connectivity index (χ1n) is 5.63. The van der Waals surface area contributed by atoms with Crippen molar-refractivity contribution >= 4 is 21.9 Å². The Morgan fingerprint density at radius 2 is 1.89 bits per heavy atom. The summed E-state index contributed by atoms with van der Waals surface area (Å²) in [5.74, 6) is 0.296. The van der Waals surface area contributed by atoms with Crippen molar-refractivity contribution < 1.29 is 9.53 Å². The van der Waals surface area contributed by atoms with Gasteiger partial charge in [0.05, 0.1) is 0 Å². The van der Waals surface area contributed by atoms with Crippen LogP contribution in [0.4, 0.5) is 0 Å². The SMILES string of the molecule is CC(=O)Oc1cc(CBr)ccc1-c1ccccc1. The zero-order valence-corrected chi connectivity index (χ0v) is 11.6. The lowest BCUT2D eigenvalue weighted by Crippen LogP contribution is -2.03. The molecule has 0 radical (unpaired) electrons. The molecule has 2 aromatic carbocycles. The van der Waals surface area contributed by atoms with E-state index < -0.39 is 0 Å². The maximum atomic E-state index is 11.2. The Bertz CT molecular complexity index is 550. The largest absolute Gasteiger partial charge is 0.426 e. The normalized spacial score (nSPS) is 10.1. The van der Waals surface area contributed by atoms with Crippen molar-refractivity contribution in [3.63, 3.8) is 0 Å². The summed E-state index contributed by atoms with van der Waals surface area (Å²) in [6, 6.07) is 15.8. The monoisotopic (exact) mass is 304 g/mol. The number of rotatable bonds is 3. The third-order valence-corrected chi connectivity index (χ3v) is 3.19. The summed E-state index contributed by atoms with van der Waals surface area (Å²) < 4.78 is 5.28. The highest BCUT2D eigenvalue weighted by Gasteiger charge is 2.09. The van der Waals surface area contributed by atoms with Crippen LogP contribution in [0.3, 0.4) is 0 Å². The van der Waals surface area contributed by atoms with E-state index in [-0.39, 0.29) is 5.97 Å². The Morgan fingerprint density at radius 1 is 1.17 bits per heavy atom. The lowest BCUT2D eigenvalue weighted by Gasteiger charge is -2.10. The molecule has 0 fully saturated rings.